The Morgan fingerprint density at radius 2 is 1.77 bits per heavy atom. The van der Waals surface area contributed by atoms with E-state index in [2.05, 4.69) is 16.0 Å². The third-order valence-corrected chi connectivity index (χ3v) is 5.84. The van der Waals surface area contributed by atoms with E-state index in [0.29, 0.717) is 5.69 Å². The van der Waals surface area contributed by atoms with E-state index in [-0.39, 0.29) is 17.0 Å². The zero-order valence-corrected chi connectivity index (χ0v) is 17.5. The highest BCUT2D eigenvalue weighted by Crippen LogP contribution is 2.23. The first-order valence-corrected chi connectivity index (χ1v) is 10.8. The molecule has 1 unspecified atom stereocenters. The number of amides is 1. The number of ether oxygens (including phenoxy) is 1. The van der Waals surface area contributed by atoms with Crippen LogP contribution in [0.2, 0.25) is 0 Å². The van der Waals surface area contributed by atoms with E-state index < -0.39 is 28.0 Å². The van der Waals surface area contributed by atoms with Crippen LogP contribution in [0.15, 0.2) is 71.6 Å². The van der Waals surface area contributed by atoms with Gasteiger partial charge in [0.25, 0.3) is 5.91 Å². The van der Waals surface area contributed by atoms with Gasteiger partial charge in [-0.25, -0.2) is 13.2 Å². The minimum Gasteiger partial charge on any atom is -0.449 e. The Hall–Kier alpha value is -3.67. The number of hydrogen-bond donors (Lipinski definition) is 2. The number of hydrogen-bond acceptors (Lipinski definition) is 5. The van der Waals surface area contributed by atoms with Crippen molar-refractivity contribution in [3.05, 3.63) is 72.3 Å². The highest BCUT2D eigenvalue weighted by Gasteiger charge is 2.21. The molecule has 8 heteroatoms. The van der Waals surface area contributed by atoms with E-state index in [4.69, 9.17) is 11.2 Å². The largest absolute Gasteiger partial charge is 0.449 e. The number of fused-ring (bicyclic) bond motifs is 1. The Morgan fingerprint density at radius 3 is 2.55 bits per heavy atom. The molecule has 0 radical (unpaired) electrons. The third kappa shape index (κ3) is 5.28. The number of terminal acetylenes is 1. The van der Waals surface area contributed by atoms with E-state index in [0.717, 1.165) is 16.8 Å². The van der Waals surface area contributed by atoms with Gasteiger partial charge in [0, 0.05) is 11.1 Å². The second-order valence-electron chi connectivity index (χ2n) is 6.62. The molecule has 2 N–H and O–H groups in total. The van der Waals surface area contributed by atoms with Gasteiger partial charge in [0.15, 0.2) is 6.10 Å². The van der Waals surface area contributed by atoms with Crippen molar-refractivity contribution in [3.63, 3.8) is 0 Å². The van der Waals surface area contributed by atoms with Gasteiger partial charge in [-0.1, -0.05) is 48.4 Å². The second-order valence-corrected chi connectivity index (χ2v) is 8.39. The van der Waals surface area contributed by atoms with Crippen LogP contribution >= 0.6 is 0 Å². The van der Waals surface area contributed by atoms with Crippen molar-refractivity contribution >= 4 is 38.4 Å². The number of rotatable bonds is 7. The highest BCUT2D eigenvalue weighted by atomic mass is 32.2. The predicted octanol–water partition coefficient (Wildman–Crippen LogP) is 2.94. The molecule has 0 aromatic heterocycles. The number of benzene rings is 3. The SMILES string of the molecule is C#CCNS(=O)(=O)c1cccc(C(=O)OC(C)C(=O)Nc2cccc3ccccc23)c1. The third-order valence-electron chi connectivity index (χ3n) is 4.44. The number of anilines is 1. The monoisotopic (exact) mass is 436 g/mol. The van der Waals surface area contributed by atoms with E-state index in [9.17, 15) is 18.0 Å². The number of sulfonamides is 1. The Kier molecular flexibility index (Phi) is 6.70. The number of nitrogens with one attached hydrogen (secondary N) is 2. The van der Waals surface area contributed by atoms with Crippen LogP contribution in [0, 0.1) is 12.3 Å². The highest BCUT2D eigenvalue weighted by molar-refractivity contribution is 7.89. The number of esters is 1. The normalized spacial score (nSPS) is 12.0. The van der Waals surface area contributed by atoms with E-state index in [1.807, 2.05) is 36.4 Å². The van der Waals surface area contributed by atoms with Gasteiger partial charge in [0.1, 0.15) is 0 Å². The fourth-order valence-electron chi connectivity index (χ4n) is 2.86. The summed E-state index contributed by atoms with van der Waals surface area (Å²) in [5.41, 5.74) is 0.590. The van der Waals surface area contributed by atoms with Crippen LogP contribution in [-0.2, 0) is 19.6 Å². The molecule has 0 heterocycles. The molecular weight excluding hydrogens is 416 g/mol. The summed E-state index contributed by atoms with van der Waals surface area (Å²) in [5, 5.41) is 4.57. The lowest BCUT2D eigenvalue weighted by Crippen LogP contribution is -2.30. The van der Waals surface area contributed by atoms with Crippen LogP contribution in [0.5, 0.6) is 0 Å². The lowest BCUT2D eigenvalue weighted by atomic mass is 10.1. The average molecular weight is 436 g/mol. The minimum atomic E-state index is -3.86. The molecule has 158 valence electrons. The molecule has 0 fully saturated rings. The van der Waals surface area contributed by atoms with Crippen molar-refractivity contribution in [3.8, 4) is 12.3 Å². The van der Waals surface area contributed by atoms with Crippen molar-refractivity contribution in [1.29, 1.82) is 0 Å². The molecule has 0 spiro atoms. The van der Waals surface area contributed by atoms with Gasteiger partial charge in [-0.2, -0.15) is 4.72 Å². The standard InChI is InChI=1S/C23H20N2O5S/c1-3-14-24-31(28,29)19-11-6-10-18(15-19)23(27)30-16(2)22(26)25-21-13-7-9-17-8-4-5-12-20(17)21/h1,4-13,15-16,24H,14H2,2H3,(H,25,26). The molecule has 0 saturated heterocycles. The molecule has 0 aliphatic carbocycles. The maximum Gasteiger partial charge on any atom is 0.338 e. The Balaban J connectivity index is 1.71. The molecule has 7 nitrogen and oxygen atoms in total. The quantitative estimate of drug-likeness (QED) is 0.438. The molecule has 3 aromatic carbocycles. The van der Waals surface area contributed by atoms with Gasteiger partial charge in [-0.05, 0) is 36.6 Å². The van der Waals surface area contributed by atoms with Gasteiger partial charge in [-0.15, -0.1) is 6.42 Å². The first-order valence-electron chi connectivity index (χ1n) is 9.34. The van der Waals surface area contributed by atoms with Crippen molar-refractivity contribution in [2.75, 3.05) is 11.9 Å². The average Bonchev–Trinajstić information content (AvgIpc) is 2.78. The summed E-state index contributed by atoms with van der Waals surface area (Å²) in [6, 6.07) is 18.4. The summed E-state index contributed by atoms with van der Waals surface area (Å²) in [6.07, 6.45) is 3.97. The van der Waals surface area contributed by atoms with Crippen LogP contribution < -0.4 is 10.0 Å². The van der Waals surface area contributed by atoms with Gasteiger partial charge in [0.05, 0.1) is 17.0 Å². The van der Waals surface area contributed by atoms with Crippen LogP contribution in [-0.4, -0.2) is 32.9 Å². The topological polar surface area (TPSA) is 102 Å². The number of carbonyl (C=O) groups excluding carboxylic acids is 2. The Bertz CT molecular complexity index is 1270. The summed E-state index contributed by atoms with van der Waals surface area (Å²) in [4.78, 5) is 24.9. The van der Waals surface area contributed by atoms with Crippen LogP contribution in [0.4, 0.5) is 5.69 Å². The minimum absolute atomic E-state index is 0.00612. The Morgan fingerprint density at radius 1 is 1.06 bits per heavy atom. The van der Waals surface area contributed by atoms with Crippen LogP contribution in [0.3, 0.4) is 0 Å². The van der Waals surface area contributed by atoms with Crippen molar-refractivity contribution < 1.29 is 22.7 Å². The fraction of sp³-hybridized carbons (Fsp3) is 0.130. The van der Waals surface area contributed by atoms with Gasteiger partial charge in [-0.3, -0.25) is 4.79 Å². The zero-order chi connectivity index (χ0) is 22.4. The molecule has 0 aliphatic rings. The zero-order valence-electron chi connectivity index (χ0n) is 16.7. The van der Waals surface area contributed by atoms with Crippen molar-refractivity contribution in [1.82, 2.24) is 4.72 Å². The van der Waals surface area contributed by atoms with E-state index >= 15 is 0 Å². The first-order chi connectivity index (χ1) is 14.8. The smallest absolute Gasteiger partial charge is 0.338 e. The maximum atomic E-state index is 12.6. The summed E-state index contributed by atoms with van der Waals surface area (Å²) in [5.74, 6) is 0.840. The lowest BCUT2D eigenvalue weighted by molar-refractivity contribution is -0.123. The van der Waals surface area contributed by atoms with Gasteiger partial charge in [0.2, 0.25) is 10.0 Å². The van der Waals surface area contributed by atoms with Crippen molar-refractivity contribution in [2.45, 2.75) is 17.9 Å². The van der Waals surface area contributed by atoms with Crippen LogP contribution in [0.25, 0.3) is 10.8 Å². The predicted molar refractivity (Wildman–Crippen MR) is 118 cm³/mol. The molecule has 31 heavy (non-hydrogen) atoms. The second kappa shape index (κ2) is 9.43. The molecular formula is C23H20N2O5S. The van der Waals surface area contributed by atoms with Gasteiger partial charge < -0.3 is 10.1 Å². The molecule has 0 aliphatic heterocycles. The summed E-state index contributed by atoms with van der Waals surface area (Å²) in [7, 11) is -3.86. The van der Waals surface area contributed by atoms with E-state index in [1.54, 1.807) is 6.07 Å². The Labute approximate surface area is 180 Å². The van der Waals surface area contributed by atoms with Crippen LogP contribution in [0.1, 0.15) is 17.3 Å². The number of carbonyl (C=O) groups is 2. The molecule has 3 rings (SSSR count). The molecule has 0 bridgehead atoms. The van der Waals surface area contributed by atoms with E-state index in [1.165, 1.54) is 25.1 Å². The summed E-state index contributed by atoms with van der Waals surface area (Å²) in [6.45, 7) is 1.26. The molecule has 1 atom stereocenters. The summed E-state index contributed by atoms with van der Waals surface area (Å²) >= 11 is 0. The lowest BCUT2D eigenvalue weighted by Gasteiger charge is -2.15. The molecule has 3 aromatic rings. The summed E-state index contributed by atoms with van der Waals surface area (Å²) < 4.78 is 31.8. The maximum absolute atomic E-state index is 12.6. The van der Waals surface area contributed by atoms with Gasteiger partial charge >= 0.3 is 5.97 Å². The van der Waals surface area contributed by atoms with Crippen molar-refractivity contribution in [2.24, 2.45) is 0 Å². The first kappa shape index (κ1) is 22.0. The molecule has 1 amide bonds. The molecule has 0 saturated carbocycles. The fourth-order valence-corrected chi connectivity index (χ4v) is 3.84.